The Morgan fingerprint density at radius 1 is 0.436 bits per heavy atom. The molecular formula is C50H29N5. The van der Waals surface area contributed by atoms with Crippen molar-refractivity contribution in [1.29, 1.82) is 5.26 Å². The molecule has 11 aromatic rings. The molecule has 5 heteroatoms. The van der Waals surface area contributed by atoms with E-state index in [2.05, 4.69) is 164 Å². The summed E-state index contributed by atoms with van der Waals surface area (Å²) in [5, 5.41) is 16.9. The van der Waals surface area contributed by atoms with Gasteiger partial charge in [0.2, 0.25) is 0 Å². The lowest BCUT2D eigenvalue weighted by Gasteiger charge is -2.16. The SMILES string of the molecule is [C-]#[N+]c1ccc(-c2cccc(-n3c4ccccc4c4ccc(-n5c6ccccc6c6ccccc65)cc43)c2)c(-n2c3ccccc3c3c(C#N)cccc32)c1. The van der Waals surface area contributed by atoms with Crippen molar-refractivity contribution >= 4 is 71.1 Å². The Bertz CT molecular complexity index is 3420. The third-order valence-corrected chi connectivity index (χ3v) is 11.1. The number of hydrogen-bond donors (Lipinski definition) is 0. The van der Waals surface area contributed by atoms with Gasteiger partial charge >= 0.3 is 0 Å². The molecule has 0 amide bonds. The molecule has 8 aromatic carbocycles. The summed E-state index contributed by atoms with van der Waals surface area (Å²) >= 11 is 0. The fourth-order valence-electron chi connectivity index (χ4n) is 8.78. The summed E-state index contributed by atoms with van der Waals surface area (Å²) in [7, 11) is 0. The molecule has 3 heterocycles. The fourth-order valence-corrected chi connectivity index (χ4v) is 8.78. The number of benzene rings is 8. The average molecular weight is 700 g/mol. The first kappa shape index (κ1) is 30.7. The molecule has 0 fully saturated rings. The number of rotatable bonds is 4. The van der Waals surface area contributed by atoms with Crippen LogP contribution in [-0.4, -0.2) is 13.7 Å². The van der Waals surface area contributed by atoms with Gasteiger partial charge < -0.3 is 13.7 Å². The predicted octanol–water partition coefficient (Wildman–Crippen LogP) is 13.1. The van der Waals surface area contributed by atoms with Gasteiger partial charge in [0.1, 0.15) is 0 Å². The van der Waals surface area contributed by atoms with Crippen LogP contribution in [0.25, 0.3) is 98.5 Å². The molecule has 0 spiro atoms. The monoisotopic (exact) mass is 699 g/mol. The summed E-state index contributed by atoms with van der Waals surface area (Å²) in [5.74, 6) is 0. The van der Waals surface area contributed by atoms with Gasteiger partial charge in [0.05, 0.1) is 51.3 Å². The minimum absolute atomic E-state index is 0.553. The van der Waals surface area contributed by atoms with Gasteiger partial charge in [-0.1, -0.05) is 109 Å². The molecule has 0 aliphatic rings. The van der Waals surface area contributed by atoms with E-state index in [-0.39, 0.29) is 0 Å². The molecule has 11 rings (SSSR count). The maximum atomic E-state index is 10.1. The van der Waals surface area contributed by atoms with Gasteiger partial charge in [-0.25, -0.2) is 4.85 Å². The molecule has 5 nitrogen and oxygen atoms in total. The summed E-state index contributed by atoms with van der Waals surface area (Å²) in [4.78, 5) is 3.84. The Morgan fingerprint density at radius 3 is 1.64 bits per heavy atom. The third-order valence-electron chi connectivity index (χ3n) is 11.1. The first-order valence-corrected chi connectivity index (χ1v) is 18.3. The zero-order chi connectivity index (χ0) is 36.6. The highest BCUT2D eigenvalue weighted by Gasteiger charge is 2.20. The van der Waals surface area contributed by atoms with Crippen molar-refractivity contribution in [3.8, 4) is 34.3 Å². The maximum Gasteiger partial charge on any atom is 0.189 e. The predicted molar refractivity (Wildman–Crippen MR) is 226 cm³/mol. The zero-order valence-electron chi connectivity index (χ0n) is 29.5. The van der Waals surface area contributed by atoms with Crippen molar-refractivity contribution in [3.05, 3.63) is 193 Å². The minimum atomic E-state index is 0.553. The van der Waals surface area contributed by atoms with Crippen molar-refractivity contribution in [3.63, 3.8) is 0 Å². The van der Waals surface area contributed by atoms with E-state index in [4.69, 9.17) is 6.57 Å². The smallest absolute Gasteiger partial charge is 0.189 e. The van der Waals surface area contributed by atoms with Gasteiger partial charge in [0, 0.05) is 54.9 Å². The number of para-hydroxylation sites is 4. The highest BCUT2D eigenvalue weighted by molar-refractivity contribution is 6.13. The molecule has 0 aliphatic heterocycles. The van der Waals surface area contributed by atoms with Gasteiger partial charge in [0.15, 0.2) is 5.69 Å². The van der Waals surface area contributed by atoms with Crippen LogP contribution in [-0.2, 0) is 0 Å². The van der Waals surface area contributed by atoms with Crippen LogP contribution in [0.1, 0.15) is 5.56 Å². The van der Waals surface area contributed by atoms with Gasteiger partial charge in [-0.15, -0.1) is 0 Å². The van der Waals surface area contributed by atoms with Crippen LogP contribution in [0.4, 0.5) is 5.69 Å². The van der Waals surface area contributed by atoms with Gasteiger partial charge in [-0.05, 0) is 72.3 Å². The van der Waals surface area contributed by atoms with E-state index in [1.807, 2.05) is 36.4 Å². The molecule has 0 N–H and O–H groups in total. The minimum Gasteiger partial charge on any atom is -0.310 e. The molecule has 0 saturated carbocycles. The average Bonchev–Trinajstić information content (AvgIpc) is 3.89. The lowest BCUT2D eigenvalue weighted by Crippen LogP contribution is -1.99. The normalized spacial score (nSPS) is 11.6. The van der Waals surface area contributed by atoms with E-state index in [0.29, 0.717) is 11.3 Å². The van der Waals surface area contributed by atoms with Gasteiger partial charge in [0.25, 0.3) is 0 Å². The molecule has 3 aromatic heterocycles. The standard InChI is InChI=1S/C50H29N5/c1-52-34-24-26-37(48(29-34)55-46-22-9-5-18-42(46)50-33(31-51)13-11-23-47(50)55)32-12-10-14-35(28-32)54-45-21-8-4-17-40(45)41-27-25-36(30-49(41)54)53-43-19-6-2-15-38(43)39-16-3-7-20-44(39)53/h2-30H. The lowest BCUT2D eigenvalue weighted by molar-refractivity contribution is 1.15. The topological polar surface area (TPSA) is 42.9 Å². The van der Waals surface area contributed by atoms with Crippen molar-refractivity contribution < 1.29 is 0 Å². The maximum absolute atomic E-state index is 10.1. The molecule has 0 unspecified atom stereocenters. The molecule has 0 atom stereocenters. The Hall–Kier alpha value is -7.86. The van der Waals surface area contributed by atoms with Gasteiger partial charge in [-0.2, -0.15) is 5.26 Å². The largest absolute Gasteiger partial charge is 0.310 e. The molecule has 55 heavy (non-hydrogen) atoms. The summed E-state index contributed by atoms with van der Waals surface area (Å²) < 4.78 is 6.95. The first-order valence-electron chi connectivity index (χ1n) is 18.3. The van der Waals surface area contributed by atoms with E-state index >= 15 is 0 Å². The molecule has 0 saturated heterocycles. The second kappa shape index (κ2) is 11.8. The molecular weight excluding hydrogens is 671 g/mol. The highest BCUT2D eigenvalue weighted by atomic mass is 15.0. The molecule has 0 bridgehead atoms. The second-order valence-electron chi connectivity index (χ2n) is 14.0. The van der Waals surface area contributed by atoms with Crippen LogP contribution in [0.2, 0.25) is 0 Å². The first-order chi connectivity index (χ1) is 27.2. The summed E-state index contributed by atoms with van der Waals surface area (Å²) in [5.41, 5.74) is 12.7. The van der Waals surface area contributed by atoms with E-state index in [1.54, 1.807) is 0 Å². The van der Waals surface area contributed by atoms with Crippen LogP contribution in [0, 0.1) is 17.9 Å². The van der Waals surface area contributed by atoms with Crippen molar-refractivity contribution in [2.24, 2.45) is 0 Å². The number of fused-ring (bicyclic) bond motifs is 9. The van der Waals surface area contributed by atoms with E-state index < -0.39 is 0 Å². The van der Waals surface area contributed by atoms with Crippen LogP contribution in [0.15, 0.2) is 176 Å². The van der Waals surface area contributed by atoms with E-state index in [1.165, 1.54) is 32.6 Å². The van der Waals surface area contributed by atoms with Crippen LogP contribution < -0.4 is 0 Å². The zero-order valence-corrected chi connectivity index (χ0v) is 29.5. The quantitative estimate of drug-likeness (QED) is 0.169. The fraction of sp³-hybridized carbons (Fsp3) is 0. The Kier molecular flexibility index (Phi) is 6.61. The summed E-state index contributed by atoms with van der Waals surface area (Å²) in [6.07, 6.45) is 0. The van der Waals surface area contributed by atoms with Crippen LogP contribution in [0.3, 0.4) is 0 Å². The molecule has 0 radical (unpaired) electrons. The highest BCUT2D eigenvalue weighted by Crippen LogP contribution is 2.41. The number of aromatic nitrogens is 3. The van der Waals surface area contributed by atoms with Crippen LogP contribution in [0.5, 0.6) is 0 Å². The Balaban J connectivity index is 1.16. The summed E-state index contributed by atoms with van der Waals surface area (Å²) in [6.45, 7) is 7.94. The summed E-state index contributed by atoms with van der Waals surface area (Å²) in [6, 6.07) is 63.8. The van der Waals surface area contributed by atoms with Gasteiger partial charge in [-0.3, -0.25) is 0 Å². The second-order valence-corrected chi connectivity index (χ2v) is 14.0. The van der Waals surface area contributed by atoms with E-state index in [0.717, 1.165) is 61.0 Å². The van der Waals surface area contributed by atoms with Crippen LogP contribution >= 0.6 is 0 Å². The molecule has 254 valence electrons. The lowest BCUT2D eigenvalue weighted by atomic mass is 10.0. The Labute approximate surface area is 316 Å². The van der Waals surface area contributed by atoms with E-state index in [9.17, 15) is 5.26 Å². The molecule has 0 aliphatic carbocycles. The third kappa shape index (κ3) is 4.45. The number of nitrogens with zero attached hydrogens (tertiary/aromatic N) is 5. The Morgan fingerprint density at radius 2 is 0.982 bits per heavy atom. The van der Waals surface area contributed by atoms with Crippen molar-refractivity contribution in [2.45, 2.75) is 0 Å². The van der Waals surface area contributed by atoms with Crippen molar-refractivity contribution in [2.75, 3.05) is 0 Å². The number of hydrogen-bond acceptors (Lipinski definition) is 1. The number of nitriles is 1. The van der Waals surface area contributed by atoms with Crippen molar-refractivity contribution in [1.82, 2.24) is 13.7 Å².